The van der Waals surface area contributed by atoms with E-state index in [2.05, 4.69) is 0 Å². The fraction of sp³-hybridized carbons (Fsp3) is 0.0625. The molecule has 2 aromatic rings. The lowest BCUT2D eigenvalue weighted by molar-refractivity contribution is 0.0695. The predicted molar refractivity (Wildman–Crippen MR) is 71.4 cm³/mol. The largest absolute Gasteiger partial charge is 0.478 e. The zero-order chi connectivity index (χ0) is 14.4. The first-order valence-corrected chi connectivity index (χ1v) is 6.07. The normalized spacial score (nSPS) is 12.8. The van der Waals surface area contributed by atoms with Crippen LogP contribution in [-0.2, 0) is 0 Å². The molecule has 0 bridgehead atoms. The second kappa shape index (κ2) is 4.13. The van der Waals surface area contributed by atoms with Gasteiger partial charge >= 0.3 is 5.97 Å². The van der Waals surface area contributed by atoms with Crippen molar-refractivity contribution >= 4 is 17.5 Å². The van der Waals surface area contributed by atoms with Gasteiger partial charge in [-0.15, -0.1) is 0 Å². The summed E-state index contributed by atoms with van der Waals surface area (Å²) < 4.78 is 0. The number of fused-ring (bicyclic) bond motifs is 2. The third kappa shape index (κ3) is 1.51. The number of benzene rings is 2. The van der Waals surface area contributed by atoms with Gasteiger partial charge < -0.3 is 5.11 Å². The Morgan fingerprint density at radius 1 is 0.900 bits per heavy atom. The lowest BCUT2D eigenvalue weighted by Gasteiger charge is -2.19. The van der Waals surface area contributed by atoms with Crippen molar-refractivity contribution in [2.45, 2.75) is 6.92 Å². The highest BCUT2D eigenvalue weighted by atomic mass is 16.4. The highest BCUT2D eigenvalue weighted by Crippen LogP contribution is 2.30. The summed E-state index contributed by atoms with van der Waals surface area (Å²) in [5.74, 6) is -1.64. The van der Waals surface area contributed by atoms with Crippen molar-refractivity contribution in [3.8, 4) is 0 Å². The Balaban J connectivity index is 2.34. The first-order chi connectivity index (χ1) is 9.52. The van der Waals surface area contributed by atoms with Crippen LogP contribution in [0.15, 0.2) is 36.4 Å². The molecule has 0 saturated heterocycles. The molecule has 2 aromatic carbocycles. The van der Waals surface area contributed by atoms with E-state index in [4.69, 9.17) is 5.11 Å². The Labute approximate surface area is 114 Å². The van der Waals surface area contributed by atoms with Gasteiger partial charge in [0.25, 0.3) is 0 Å². The van der Waals surface area contributed by atoms with Gasteiger partial charge in [-0.05, 0) is 24.6 Å². The van der Waals surface area contributed by atoms with E-state index in [-0.39, 0.29) is 28.3 Å². The molecule has 0 heterocycles. The Morgan fingerprint density at radius 2 is 1.50 bits per heavy atom. The molecule has 1 aliphatic rings. The number of ketones is 2. The van der Waals surface area contributed by atoms with Gasteiger partial charge in [0.1, 0.15) is 0 Å². The first-order valence-electron chi connectivity index (χ1n) is 6.07. The summed E-state index contributed by atoms with van der Waals surface area (Å²) in [6.07, 6.45) is 0. The summed E-state index contributed by atoms with van der Waals surface area (Å²) in [6, 6.07) is 9.38. The Morgan fingerprint density at radius 3 is 2.10 bits per heavy atom. The molecule has 98 valence electrons. The maximum absolute atomic E-state index is 12.5. The number of hydrogen-bond donors (Lipinski definition) is 1. The number of carbonyl (C=O) groups is 3. The van der Waals surface area contributed by atoms with Gasteiger partial charge in [0, 0.05) is 22.3 Å². The fourth-order valence-electron chi connectivity index (χ4n) is 2.58. The van der Waals surface area contributed by atoms with Crippen LogP contribution in [0.2, 0.25) is 0 Å². The van der Waals surface area contributed by atoms with Crippen LogP contribution < -0.4 is 0 Å². The molecule has 4 nitrogen and oxygen atoms in total. The molecule has 1 aliphatic carbocycles. The van der Waals surface area contributed by atoms with Gasteiger partial charge in [-0.1, -0.05) is 24.3 Å². The van der Waals surface area contributed by atoms with Crippen molar-refractivity contribution in [2.75, 3.05) is 0 Å². The van der Waals surface area contributed by atoms with Crippen LogP contribution in [-0.4, -0.2) is 22.6 Å². The highest BCUT2D eigenvalue weighted by molar-refractivity contribution is 6.29. The van der Waals surface area contributed by atoms with Crippen LogP contribution in [0.1, 0.15) is 47.8 Å². The summed E-state index contributed by atoms with van der Waals surface area (Å²) in [5.41, 5.74) is 1.56. The summed E-state index contributed by atoms with van der Waals surface area (Å²) in [6.45, 7) is 1.56. The van der Waals surface area contributed by atoms with E-state index < -0.39 is 5.97 Å². The number of carboxylic acid groups (broad SMARTS) is 1. The third-order valence-corrected chi connectivity index (χ3v) is 3.58. The minimum Gasteiger partial charge on any atom is -0.478 e. The molecule has 0 spiro atoms. The monoisotopic (exact) mass is 266 g/mol. The van der Waals surface area contributed by atoms with E-state index in [0.717, 1.165) is 0 Å². The van der Waals surface area contributed by atoms with Crippen molar-refractivity contribution in [1.29, 1.82) is 0 Å². The highest BCUT2D eigenvalue weighted by Gasteiger charge is 2.31. The van der Waals surface area contributed by atoms with Crippen molar-refractivity contribution in [3.63, 3.8) is 0 Å². The zero-order valence-corrected chi connectivity index (χ0v) is 10.6. The molecule has 0 saturated carbocycles. The van der Waals surface area contributed by atoms with Crippen LogP contribution in [0.5, 0.6) is 0 Å². The molecule has 0 atom stereocenters. The second-order valence-corrected chi connectivity index (χ2v) is 4.67. The molecule has 20 heavy (non-hydrogen) atoms. The number of carboxylic acids is 1. The average Bonchev–Trinajstić information content (AvgIpc) is 2.44. The van der Waals surface area contributed by atoms with Gasteiger partial charge in [-0.3, -0.25) is 9.59 Å². The maximum Gasteiger partial charge on any atom is 0.335 e. The molecule has 0 radical (unpaired) electrons. The molecule has 0 aliphatic heterocycles. The van der Waals surface area contributed by atoms with Crippen molar-refractivity contribution in [1.82, 2.24) is 0 Å². The van der Waals surface area contributed by atoms with E-state index >= 15 is 0 Å². The first kappa shape index (κ1) is 12.3. The third-order valence-electron chi connectivity index (χ3n) is 3.58. The van der Waals surface area contributed by atoms with Crippen molar-refractivity contribution < 1.29 is 19.5 Å². The van der Waals surface area contributed by atoms with Crippen LogP contribution in [0.3, 0.4) is 0 Å². The minimum atomic E-state index is -1.11. The summed E-state index contributed by atoms with van der Waals surface area (Å²) in [5, 5.41) is 9.12. The van der Waals surface area contributed by atoms with E-state index in [0.29, 0.717) is 16.7 Å². The molecule has 0 amide bonds. The summed E-state index contributed by atoms with van der Waals surface area (Å²) >= 11 is 0. The van der Waals surface area contributed by atoms with Crippen LogP contribution >= 0.6 is 0 Å². The lowest BCUT2D eigenvalue weighted by Crippen LogP contribution is -2.23. The number of hydrogen-bond acceptors (Lipinski definition) is 3. The van der Waals surface area contributed by atoms with Crippen LogP contribution in [0, 0.1) is 6.92 Å². The number of rotatable bonds is 1. The molecule has 4 heteroatoms. The van der Waals surface area contributed by atoms with Crippen molar-refractivity contribution in [3.05, 3.63) is 69.8 Å². The molecule has 0 fully saturated rings. The van der Waals surface area contributed by atoms with Gasteiger partial charge in [-0.2, -0.15) is 0 Å². The number of carbonyl (C=O) groups excluding carboxylic acids is 2. The molecule has 0 aromatic heterocycles. The molecular weight excluding hydrogens is 256 g/mol. The Kier molecular flexibility index (Phi) is 2.54. The summed E-state index contributed by atoms with van der Waals surface area (Å²) in [7, 11) is 0. The maximum atomic E-state index is 12.5. The molecular formula is C16H10O4. The van der Waals surface area contributed by atoms with Gasteiger partial charge in [-0.25, -0.2) is 4.79 Å². The van der Waals surface area contributed by atoms with Crippen molar-refractivity contribution in [2.24, 2.45) is 0 Å². The quantitative estimate of drug-likeness (QED) is 0.734. The Bertz CT molecular complexity index is 787. The lowest BCUT2D eigenvalue weighted by atomic mass is 9.81. The standard InChI is InChI=1S/C16H10O4/c1-8-9(16(19)20)6-7-12-13(8)15(18)11-5-3-2-4-10(11)14(12)17/h2-7H,1H3,(H,19,20). The SMILES string of the molecule is Cc1c(C(=O)O)ccc2c1C(=O)c1ccccc1C2=O. The van der Waals surface area contributed by atoms with E-state index in [9.17, 15) is 14.4 Å². The van der Waals surface area contributed by atoms with Gasteiger partial charge in [0.05, 0.1) is 5.56 Å². The van der Waals surface area contributed by atoms with E-state index in [1.165, 1.54) is 12.1 Å². The summed E-state index contributed by atoms with van der Waals surface area (Å²) in [4.78, 5) is 36.0. The smallest absolute Gasteiger partial charge is 0.335 e. The molecule has 0 unspecified atom stereocenters. The molecule has 3 rings (SSSR count). The van der Waals surface area contributed by atoms with Gasteiger partial charge in [0.2, 0.25) is 0 Å². The van der Waals surface area contributed by atoms with E-state index in [1.54, 1.807) is 31.2 Å². The van der Waals surface area contributed by atoms with E-state index in [1.807, 2.05) is 0 Å². The topological polar surface area (TPSA) is 71.4 Å². The Hall–Kier alpha value is -2.75. The number of aromatic carboxylic acids is 1. The molecule has 1 N–H and O–H groups in total. The zero-order valence-electron chi connectivity index (χ0n) is 10.6. The fourth-order valence-corrected chi connectivity index (χ4v) is 2.58. The second-order valence-electron chi connectivity index (χ2n) is 4.67. The predicted octanol–water partition coefficient (Wildman–Crippen LogP) is 2.47. The van der Waals surface area contributed by atoms with Crippen LogP contribution in [0.25, 0.3) is 0 Å². The van der Waals surface area contributed by atoms with Gasteiger partial charge in [0.15, 0.2) is 11.6 Å². The minimum absolute atomic E-state index is 0.0456. The van der Waals surface area contributed by atoms with Crippen LogP contribution in [0.4, 0.5) is 0 Å². The average molecular weight is 266 g/mol.